The number of nitrogens with zero attached hydrogens (tertiary/aromatic N) is 1. The van der Waals surface area contributed by atoms with Gasteiger partial charge in [-0.25, -0.2) is 0 Å². The molecule has 4 nitrogen and oxygen atoms in total. The molecular formula is C11H19NO3S. The molecule has 1 amide bonds. The highest BCUT2D eigenvalue weighted by molar-refractivity contribution is 7.99. The summed E-state index contributed by atoms with van der Waals surface area (Å²) in [7, 11) is 0. The number of carboxylic acid groups (broad SMARTS) is 1. The minimum absolute atomic E-state index is 0.0253. The molecule has 1 N–H and O–H groups in total. The molecule has 92 valence electrons. The third kappa shape index (κ3) is 2.90. The number of carbonyl (C=O) groups excluding carboxylic acids is 1. The van der Waals surface area contributed by atoms with Crippen molar-refractivity contribution in [3.05, 3.63) is 0 Å². The molecule has 1 aliphatic heterocycles. The summed E-state index contributed by atoms with van der Waals surface area (Å²) in [6.45, 7) is 6.05. The fraction of sp³-hybridized carbons (Fsp3) is 0.818. The molecule has 3 atom stereocenters. The summed E-state index contributed by atoms with van der Waals surface area (Å²) in [5.74, 6) is -0.0932. The SMILES string of the molecule is CC(C(=O)O)C(C)C(=O)N1CCSCC1C. The summed E-state index contributed by atoms with van der Waals surface area (Å²) in [6, 6.07) is 0.217. The predicted octanol–water partition coefficient (Wildman–Crippen LogP) is 1.31. The van der Waals surface area contributed by atoms with Gasteiger partial charge in [0.15, 0.2) is 0 Å². The van der Waals surface area contributed by atoms with Gasteiger partial charge in [0.1, 0.15) is 0 Å². The molecule has 0 spiro atoms. The van der Waals surface area contributed by atoms with Gasteiger partial charge in [0.25, 0.3) is 0 Å². The summed E-state index contributed by atoms with van der Waals surface area (Å²) >= 11 is 1.84. The Bertz CT molecular complexity index is 282. The monoisotopic (exact) mass is 245 g/mol. The molecule has 0 aliphatic carbocycles. The largest absolute Gasteiger partial charge is 0.481 e. The zero-order valence-electron chi connectivity index (χ0n) is 9.97. The van der Waals surface area contributed by atoms with Crippen LogP contribution in [0, 0.1) is 11.8 Å². The summed E-state index contributed by atoms with van der Waals surface area (Å²) in [4.78, 5) is 24.8. The molecule has 16 heavy (non-hydrogen) atoms. The summed E-state index contributed by atoms with van der Waals surface area (Å²) < 4.78 is 0. The maximum atomic E-state index is 12.1. The lowest BCUT2D eigenvalue weighted by atomic mass is 9.94. The zero-order valence-corrected chi connectivity index (χ0v) is 10.8. The Morgan fingerprint density at radius 3 is 2.50 bits per heavy atom. The van der Waals surface area contributed by atoms with E-state index in [1.807, 2.05) is 23.6 Å². The van der Waals surface area contributed by atoms with Crippen LogP contribution in [0.4, 0.5) is 0 Å². The van der Waals surface area contributed by atoms with E-state index in [1.54, 1.807) is 13.8 Å². The summed E-state index contributed by atoms with van der Waals surface area (Å²) in [6.07, 6.45) is 0. The van der Waals surface area contributed by atoms with Gasteiger partial charge in [-0.1, -0.05) is 13.8 Å². The van der Waals surface area contributed by atoms with Gasteiger partial charge in [-0.15, -0.1) is 0 Å². The molecule has 0 aromatic carbocycles. The maximum Gasteiger partial charge on any atom is 0.307 e. The van der Waals surface area contributed by atoms with E-state index in [2.05, 4.69) is 0 Å². The van der Waals surface area contributed by atoms with Gasteiger partial charge in [0.2, 0.25) is 5.91 Å². The number of rotatable bonds is 3. The molecule has 3 unspecified atom stereocenters. The Hall–Kier alpha value is -0.710. The average molecular weight is 245 g/mol. The molecule has 0 radical (unpaired) electrons. The van der Waals surface area contributed by atoms with Gasteiger partial charge in [0.05, 0.1) is 5.92 Å². The Labute approximate surface area is 100 Å². The highest BCUT2D eigenvalue weighted by Crippen LogP contribution is 2.21. The van der Waals surface area contributed by atoms with Crippen molar-refractivity contribution in [2.24, 2.45) is 11.8 Å². The number of carbonyl (C=O) groups is 2. The lowest BCUT2D eigenvalue weighted by Crippen LogP contribution is -2.48. The van der Waals surface area contributed by atoms with Crippen molar-refractivity contribution < 1.29 is 14.7 Å². The van der Waals surface area contributed by atoms with Crippen molar-refractivity contribution in [1.82, 2.24) is 4.90 Å². The molecular weight excluding hydrogens is 226 g/mol. The molecule has 1 rings (SSSR count). The van der Waals surface area contributed by atoms with Gasteiger partial charge in [-0.2, -0.15) is 11.8 Å². The molecule has 5 heteroatoms. The first-order valence-electron chi connectivity index (χ1n) is 5.56. The third-order valence-corrected chi connectivity index (χ3v) is 4.37. The van der Waals surface area contributed by atoms with Gasteiger partial charge in [-0.3, -0.25) is 9.59 Å². The molecule has 0 bridgehead atoms. The van der Waals surface area contributed by atoms with Crippen LogP contribution in [0.2, 0.25) is 0 Å². The predicted molar refractivity (Wildman–Crippen MR) is 64.5 cm³/mol. The van der Waals surface area contributed by atoms with Crippen LogP contribution >= 0.6 is 11.8 Å². The number of hydrogen-bond acceptors (Lipinski definition) is 3. The number of hydrogen-bond donors (Lipinski definition) is 1. The van der Waals surface area contributed by atoms with E-state index in [0.717, 1.165) is 18.1 Å². The van der Waals surface area contributed by atoms with Crippen molar-refractivity contribution >= 4 is 23.6 Å². The van der Waals surface area contributed by atoms with Crippen LogP contribution in [0.5, 0.6) is 0 Å². The van der Waals surface area contributed by atoms with Gasteiger partial charge in [0, 0.05) is 30.0 Å². The second-order valence-corrected chi connectivity index (χ2v) is 5.52. The number of aliphatic carboxylic acids is 1. The molecule has 0 aromatic rings. The molecule has 1 aliphatic rings. The van der Waals surface area contributed by atoms with E-state index >= 15 is 0 Å². The Kier molecular flexibility index (Phi) is 4.65. The van der Waals surface area contributed by atoms with E-state index in [-0.39, 0.29) is 11.9 Å². The summed E-state index contributed by atoms with van der Waals surface area (Å²) in [5.41, 5.74) is 0. The van der Waals surface area contributed by atoms with E-state index < -0.39 is 17.8 Å². The normalized spacial score (nSPS) is 24.9. The minimum atomic E-state index is -0.903. The second kappa shape index (κ2) is 5.57. The first-order chi connectivity index (χ1) is 7.45. The fourth-order valence-electron chi connectivity index (χ4n) is 1.74. The topological polar surface area (TPSA) is 57.6 Å². The minimum Gasteiger partial charge on any atom is -0.481 e. The number of amides is 1. The van der Waals surface area contributed by atoms with Crippen LogP contribution in [0.1, 0.15) is 20.8 Å². The van der Waals surface area contributed by atoms with Crippen LogP contribution in [-0.4, -0.2) is 46.0 Å². The molecule has 1 saturated heterocycles. The molecule has 0 saturated carbocycles. The first-order valence-corrected chi connectivity index (χ1v) is 6.71. The number of carboxylic acids is 1. The smallest absolute Gasteiger partial charge is 0.307 e. The van der Waals surface area contributed by atoms with Crippen LogP contribution < -0.4 is 0 Å². The van der Waals surface area contributed by atoms with Crippen LogP contribution in [0.3, 0.4) is 0 Å². The van der Waals surface area contributed by atoms with Crippen molar-refractivity contribution in [1.29, 1.82) is 0 Å². The highest BCUT2D eigenvalue weighted by Gasteiger charge is 2.32. The molecule has 1 fully saturated rings. The third-order valence-electron chi connectivity index (χ3n) is 3.18. The quantitative estimate of drug-likeness (QED) is 0.814. The Balaban J connectivity index is 2.65. The van der Waals surface area contributed by atoms with Crippen molar-refractivity contribution in [2.45, 2.75) is 26.8 Å². The van der Waals surface area contributed by atoms with E-state index in [0.29, 0.717) is 0 Å². The first kappa shape index (κ1) is 13.4. The lowest BCUT2D eigenvalue weighted by Gasteiger charge is -2.35. The van der Waals surface area contributed by atoms with Gasteiger partial charge in [-0.05, 0) is 6.92 Å². The summed E-state index contributed by atoms with van der Waals surface area (Å²) in [5, 5.41) is 8.89. The maximum absolute atomic E-state index is 12.1. The van der Waals surface area contributed by atoms with Crippen LogP contribution in [0.25, 0.3) is 0 Å². The van der Waals surface area contributed by atoms with Crippen molar-refractivity contribution in [2.75, 3.05) is 18.1 Å². The van der Waals surface area contributed by atoms with Crippen LogP contribution in [0.15, 0.2) is 0 Å². The average Bonchev–Trinajstić information content (AvgIpc) is 2.26. The van der Waals surface area contributed by atoms with Crippen molar-refractivity contribution in [3.8, 4) is 0 Å². The Morgan fingerprint density at radius 1 is 1.38 bits per heavy atom. The van der Waals surface area contributed by atoms with E-state index in [9.17, 15) is 9.59 Å². The van der Waals surface area contributed by atoms with Crippen LogP contribution in [-0.2, 0) is 9.59 Å². The van der Waals surface area contributed by atoms with Crippen molar-refractivity contribution in [3.63, 3.8) is 0 Å². The highest BCUT2D eigenvalue weighted by atomic mass is 32.2. The second-order valence-electron chi connectivity index (χ2n) is 4.37. The van der Waals surface area contributed by atoms with E-state index in [4.69, 9.17) is 5.11 Å². The van der Waals surface area contributed by atoms with Gasteiger partial charge < -0.3 is 10.0 Å². The molecule has 0 aromatic heterocycles. The lowest BCUT2D eigenvalue weighted by molar-refractivity contribution is -0.149. The zero-order chi connectivity index (χ0) is 12.3. The fourth-order valence-corrected chi connectivity index (χ4v) is 2.76. The number of thioether (sulfide) groups is 1. The molecule has 1 heterocycles. The van der Waals surface area contributed by atoms with E-state index in [1.165, 1.54) is 0 Å². The Morgan fingerprint density at radius 2 is 2.00 bits per heavy atom. The van der Waals surface area contributed by atoms with Gasteiger partial charge >= 0.3 is 5.97 Å². The standard InChI is InChI=1S/C11H19NO3S/c1-7-6-16-5-4-12(7)10(13)8(2)9(3)11(14)15/h7-9H,4-6H2,1-3H3,(H,14,15).